The van der Waals surface area contributed by atoms with Crippen LogP contribution in [-0.2, 0) is 27.9 Å². The van der Waals surface area contributed by atoms with E-state index in [9.17, 15) is 9.59 Å². The largest absolute Gasteiger partial charge is 1.00 e. The van der Waals surface area contributed by atoms with Crippen LogP contribution in [-0.4, -0.2) is 35.3 Å². The number of thiol groups is 1. The number of para-hydroxylation sites is 2. The van der Waals surface area contributed by atoms with E-state index >= 15 is 0 Å². The number of esters is 1. The molecule has 0 aliphatic rings. The van der Waals surface area contributed by atoms with E-state index in [0.717, 1.165) is 11.0 Å². The summed E-state index contributed by atoms with van der Waals surface area (Å²) in [5, 5.41) is 2.62. The Kier molecular flexibility index (Phi) is 6.70. The lowest BCUT2D eigenvalue weighted by atomic mass is 10.3. The van der Waals surface area contributed by atoms with E-state index < -0.39 is 12.0 Å². The number of carbonyl (C=O) groups is 2. The minimum absolute atomic E-state index is 0. The molecule has 1 aromatic carbocycles. The fourth-order valence-electron chi connectivity index (χ4n) is 2.18. The first-order valence-electron chi connectivity index (χ1n) is 6.48. The summed E-state index contributed by atoms with van der Waals surface area (Å²) in [5.41, 5.74) is 1.99. The summed E-state index contributed by atoms with van der Waals surface area (Å²) >= 11 is 4.05. The summed E-state index contributed by atoms with van der Waals surface area (Å²) in [6.45, 7) is 0.128. The molecule has 1 amide bonds. The Hall–Kier alpha value is -1.73. The molecule has 0 bridgehead atoms. The Morgan fingerprint density at radius 3 is 2.73 bits per heavy atom. The Morgan fingerprint density at radius 2 is 2.09 bits per heavy atom. The minimum atomic E-state index is -0.735. The first-order valence-corrected chi connectivity index (χ1v) is 7.11. The number of nitrogens with zero attached hydrogens (tertiary/aromatic N) is 2. The van der Waals surface area contributed by atoms with Crippen molar-refractivity contribution in [3.63, 3.8) is 0 Å². The van der Waals surface area contributed by atoms with Crippen molar-refractivity contribution in [1.29, 1.82) is 0 Å². The second-order valence-corrected chi connectivity index (χ2v) is 5.03. The van der Waals surface area contributed by atoms with Gasteiger partial charge in [-0.1, -0.05) is 12.1 Å². The second kappa shape index (κ2) is 8.05. The maximum Gasteiger partial charge on any atom is 0.329 e. The molecule has 120 valence electrons. The molecule has 1 aromatic heterocycles. The van der Waals surface area contributed by atoms with E-state index in [1.54, 1.807) is 0 Å². The molecule has 6 nitrogen and oxygen atoms in total. The first kappa shape index (κ1) is 18.3. The summed E-state index contributed by atoms with van der Waals surface area (Å²) in [5.74, 6) is -0.569. The van der Waals surface area contributed by atoms with Gasteiger partial charge in [0.1, 0.15) is 6.04 Å². The quantitative estimate of drug-likeness (QED) is 0.347. The Balaban J connectivity index is 0.00000242. The van der Waals surface area contributed by atoms with Crippen molar-refractivity contribution in [3.8, 4) is 0 Å². The van der Waals surface area contributed by atoms with Gasteiger partial charge in [0.25, 0.3) is 5.91 Å². The van der Waals surface area contributed by atoms with Crippen molar-refractivity contribution in [2.75, 3.05) is 12.9 Å². The van der Waals surface area contributed by atoms with Crippen LogP contribution in [0.25, 0.3) is 11.0 Å². The van der Waals surface area contributed by atoms with Crippen LogP contribution < -0.4 is 22.3 Å². The number of methoxy groups -OCH3 is 1. The third-order valence-corrected chi connectivity index (χ3v) is 3.57. The van der Waals surface area contributed by atoms with Gasteiger partial charge in [0.15, 0.2) is 17.6 Å². The highest BCUT2D eigenvalue weighted by atomic mass is 35.5. The molecule has 0 unspecified atom stereocenters. The second-order valence-electron chi connectivity index (χ2n) is 4.67. The normalized spacial score (nSPS) is 11.6. The van der Waals surface area contributed by atoms with Crippen molar-refractivity contribution in [2.45, 2.75) is 12.6 Å². The van der Waals surface area contributed by atoms with E-state index in [1.807, 2.05) is 46.8 Å². The van der Waals surface area contributed by atoms with Crippen molar-refractivity contribution in [2.24, 2.45) is 7.05 Å². The fraction of sp³-hybridized carbons (Fsp3) is 0.357. The summed E-state index contributed by atoms with van der Waals surface area (Å²) in [4.78, 5) is 23.5. The molecule has 2 rings (SSSR count). The van der Waals surface area contributed by atoms with Crippen LogP contribution in [0.3, 0.4) is 0 Å². The van der Waals surface area contributed by atoms with Crippen LogP contribution in [0.5, 0.6) is 0 Å². The van der Waals surface area contributed by atoms with Crippen LogP contribution in [0.2, 0.25) is 0 Å². The number of imidazole rings is 1. The van der Waals surface area contributed by atoms with Gasteiger partial charge < -0.3 is 22.5 Å². The third kappa shape index (κ3) is 3.92. The molecule has 0 fully saturated rings. The number of halogens is 1. The average Bonchev–Trinajstić information content (AvgIpc) is 2.81. The standard InChI is InChI=1S/C14H17N3O3S.ClH/c1-16-9-17(12-6-4-3-5-11(12)16)7-13(18)15-10(8-21)14(19)20-2;/h3-6,9-10H,7-8H2,1-2H3,(H-,15,18,21);1H/t10-;/m0./s1. The van der Waals surface area contributed by atoms with Crippen molar-refractivity contribution >= 4 is 35.5 Å². The molecule has 0 saturated carbocycles. The van der Waals surface area contributed by atoms with E-state index in [-0.39, 0.29) is 30.6 Å². The number of amides is 1. The minimum Gasteiger partial charge on any atom is -1.00 e. The van der Waals surface area contributed by atoms with Crippen LogP contribution in [0.15, 0.2) is 30.6 Å². The third-order valence-electron chi connectivity index (χ3n) is 3.20. The van der Waals surface area contributed by atoms with E-state index in [4.69, 9.17) is 0 Å². The molecular formula is C14H18ClN3O3S. The molecule has 0 aliphatic heterocycles. The number of hydrogen-bond acceptors (Lipinski definition) is 4. The maximum atomic E-state index is 12.1. The van der Waals surface area contributed by atoms with Crippen molar-refractivity contribution in [1.82, 2.24) is 9.88 Å². The molecule has 2 aromatic rings. The summed E-state index contributed by atoms with van der Waals surface area (Å²) in [6.07, 6.45) is 1.85. The van der Waals surface area contributed by atoms with Gasteiger partial charge in [0.2, 0.25) is 6.33 Å². The highest BCUT2D eigenvalue weighted by Gasteiger charge is 2.22. The molecule has 22 heavy (non-hydrogen) atoms. The van der Waals surface area contributed by atoms with Crippen LogP contribution >= 0.6 is 12.6 Å². The average molecular weight is 344 g/mol. The zero-order valence-electron chi connectivity index (χ0n) is 12.3. The van der Waals surface area contributed by atoms with E-state index in [0.29, 0.717) is 0 Å². The number of hydrogen-bond donors (Lipinski definition) is 2. The lowest BCUT2D eigenvalue weighted by Gasteiger charge is -2.13. The molecular weight excluding hydrogens is 326 g/mol. The molecule has 1 atom stereocenters. The van der Waals surface area contributed by atoms with Gasteiger partial charge in [0, 0.05) is 5.75 Å². The van der Waals surface area contributed by atoms with Crippen molar-refractivity contribution < 1.29 is 31.3 Å². The topological polar surface area (TPSA) is 64.2 Å². The number of rotatable bonds is 5. The van der Waals surface area contributed by atoms with Gasteiger partial charge in [-0.2, -0.15) is 12.6 Å². The summed E-state index contributed by atoms with van der Waals surface area (Å²) in [7, 11) is 3.20. The molecule has 0 spiro atoms. The van der Waals surface area contributed by atoms with Gasteiger partial charge in [0.05, 0.1) is 14.2 Å². The van der Waals surface area contributed by atoms with E-state index in [1.165, 1.54) is 7.11 Å². The predicted octanol–water partition coefficient (Wildman–Crippen LogP) is -2.94. The maximum absolute atomic E-state index is 12.1. The number of fused-ring (bicyclic) bond motifs is 1. The van der Waals surface area contributed by atoms with Gasteiger partial charge in [-0.25, -0.2) is 13.9 Å². The predicted molar refractivity (Wildman–Crippen MR) is 80.9 cm³/mol. The molecule has 0 radical (unpaired) electrons. The monoisotopic (exact) mass is 343 g/mol. The van der Waals surface area contributed by atoms with Gasteiger partial charge in [-0.15, -0.1) is 0 Å². The molecule has 8 heteroatoms. The van der Waals surface area contributed by atoms with Crippen molar-refractivity contribution in [3.05, 3.63) is 30.6 Å². The fourth-order valence-corrected chi connectivity index (χ4v) is 2.42. The van der Waals surface area contributed by atoms with Crippen LogP contribution in [0.1, 0.15) is 0 Å². The number of benzene rings is 1. The smallest absolute Gasteiger partial charge is 0.329 e. The summed E-state index contributed by atoms with van der Waals surface area (Å²) < 4.78 is 8.39. The Bertz CT molecular complexity index is 674. The molecule has 1 N–H and O–H groups in total. The van der Waals surface area contributed by atoms with Crippen LogP contribution in [0, 0.1) is 0 Å². The van der Waals surface area contributed by atoms with Gasteiger partial charge >= 0.3 is 5.97 Å². The highest BCUT2D eigenvalue weighted by molar-refractivity contribution is 7.80. The lowest BCUT2D eigenvalue weighted by Crippen LogP contribution is -3.00. The molecule has 0 saturated heterocycles. The SMILES string of the molecule is COC(=O)[C@H](CS)NC(=O)Cn1c[n+](C)c2ccccc21.[Cl-]. The molecule has 0 aliphatic carbocycles. The lowest BCUT2D eigenvalue weighted by molar-refractivity contribution is -0.645. The number of nitrogens with one attached hydrogen (secondary N) is 1. The van der Waals surface area contributed by atoms with E-state index in [2.05, 4.69) is 22.7 Å². The Labute approximate surface area is 140 Å². The van der Waals surface area contributed by atoms with Gasteiger partial charge in [-0.05, 0) is 12.1 Å². The van der Waals surface area contributed by atoms with Crippen LogP contribution in [0.4, 0.5) is 0 Å². The Morgan fingerprint density at radius 1 is 1.41 bits per heavy atom. The highest BCUT2D eigenvalue weighted by Crippen LogP contribution is 2.09. The number of aromatic nitrogens is 2. The van der Waals surface area contributed by atoms with Gasteiger partial charge in [-0.3, -0.25) is 4.79 Å². The number of aryl methyl sites for hydroxylation is 1. The number of carbonyl (C=O) groups excluding carboxylic acids is 2. The summed E-state index contributed by atoms with van der Waals surface area (Å²) in [6, 6.07) is 7.05. The number of ether oxygens (including phenoxy) is 1. The first-order chi connectivity index (χ1) is 10.1. The molecule has 1 heterocycles. The zero-order chi connectivity index (χ0) is 15.4. The zero-order valence-corrected chi connectivity index (χ0v) is 14.0.